The lowest BCUT2D eigenvalue weighted by Gasteiger charge is -2.08. The van der Waals surface area contributed by atoms with Gasteiger partial charge in [-0.1, -0.05) is 0 Å². The SMILES string of the molecule is CS(=O)(=O)NCCCNS(=O)(=O)c1ccc(N)c(Br)c1. The van der Waals surface area contributed by atoms with Gasteiger partial charge < -0.3 is 5.73 Å². The summed E-state index contributed by atoms with van der Waals surface area (Å²) in [5, 5.41) is 0. The monoisotopic (exact) mass is 385 g/mol. The zero-order chi connectivity index (χ0) is 15.4. The average Bonchev–Trinajstić information content (AvgIpc) is 2.30. The van der Waals surface area contributed by atoms with E-state index in [1.165, 1.54) is 18.2 Å². The predicted octanol–water partition coefficient (Wildman–Crippen LogP) is 0.249. The molecule has 7 nitrogen and oxygen atoms in total. The molecule has 1 aromatic rings. The third kappa shape index (κ3) is 5.75. The van der Waals surface area contributed by atoms with Crippen molar-refractivity contribution in [3.63, 3.8) is 0 Å². The fraction of sp³-hybridized carbons (Fsp3) is 0.400. The molecule has 0 aliphatic rings. The Bertz CT molecular complexity index is 674. The largest absolute Gasteiger partial charge is 0.398 e. The maximum Gasteiger partial charge on any atom is 0.240 e. The van der Waals surface area contributed by atoms with Gasteiger partial charge in [-0.2, -0.15) is 0 Å². The lowest BCUT2D eigenvalue weighted by atomic mass is 10.3. The summed E-state index contributed by atoms with van der Waals surface area (Å²) < 4.78 is 50.7. The number of halogens is 1. The summed E-state index contributed by atoms with van der Waals surface area (Å²) in [6.45, 7) is 0.305. The molecule has 20 heavy (non-hydrogen) atoms. The Morgan fingerprint density at radius 3 is 2.30 bits per heavy atom. The molecule has 0 aliphatic heterocycles. The zero-order valence-electron chi connectivity index (χ0n) is 10.8. The summed E-state index contributed by atoms with van der Waals surface area (Å²) >= 11 is 3.16. The molecule has 0 aromatic heterocycles. The number of nitrogens with two attached hydrogens (primary N) is 1. The molecule has 0 bridgehead atoms. The highest BCUT2D eigenvalue weighted by Gasteiger charge is 2.14. The Balaban J connectivity index is 2.56. The summed E-state index contributed by atoms with van der Waals surface area (Å²) in [4.78, 5) is 0.0923. The number of hydrogen-bond acceptors (Lipinski definition) is 5. The van der Waals surface area contributed by atoms with Crippen molar-refractivity contribution in [3.05, 3.63) is 22.7 Å². The normalized spacial score (nSPS) is 12.5. The van der Waals surface area contributed by atoms with Crippen LogP contribution in [0, 0.1) is 0 Å². The number of hydrogen-bond donors (Lipinski definition) is 3. The van der Waals surface area contributed by atoms with Crippen LogP contribution < -0.4 is 15.2 Å². The van der Waals surface area contributed by atoms with Crippen LogP contribution in [0.1, 0.15) is 6.42 Å². The third-order valence-electron chi connectivity index (χ3n) is 2.29. The number of benzene rings is 1. The molecule has 0 heterocycles. The third-order valence-corrected chi connectivity index (χ3v) is 5.17. The van der Waals surface area contributed by atoms with Gasteiger partial charge in [-0.25, -0.2) is 26.3 Å². The standard InChI is InChI=1S/C10H16BrN3O4S2/c1-19(15,16)13-5-2-6-14-20(17,18)8-3-4-10(12)9(11)7-8/h3-4,7,13-14H,2,5-6,12H2,1H3. The highest BCUT2D eigenvalue weighted by atomic mass is 79.9. The topological polar surface area (TPSA) is 118 Å². The Morgan fingerprint density at radius 2 is 1.75 bits per heavy atom. The summed E-state index contributed by atoms with van der Waals surface area (Å²) in [6.07, 6.45) is 1.39. The van der Waals surface area contributed by atoms with E-state index >= 15 is 0 Å². The molecule has 0 atom stereocenters. The minimum absolute atomic E-state index is 0.0923. The van der Waals surface area contributed by atoms with E-state index < -0.39 is 20.0 Å². The minimum atomic E-state index is -3.63. The van der Waals surface area contributed by atoms with E-state index in [0.717, 1.165) is 6.26 Å². The molecule has 4 N–H and O–H groups in total. The predicted molar refractivity (Wildman–Crippen MR) is 81.2 cm³/mol. The minimum Gasteiger partial charge on any atom is -0.398 e. The van der Waals surface area contributed by atoms with Gasteiger partial charge >= 0.3 is 0 Å². The molecule has 0 fully saturated rings. The Kier molecular flexibility index (Phi) is 5.95. The Morgan fingerprint density at radius 1 is 1.15 bits per heavy atom. The zero-order valence-corrected chi connectivity index (χ0v) is 14.0. The van der Waals surface area contributed by atoms with Crippen molar-refractivity contribution in [1.82, 2.24) is 9.44 Å². The van der Waals surface area contributed by atoms with Crippen molar-refractivity contribution in [2.24, 2.45) is 0 Å². The van der Waals surface area contributed by atoms with E-state index in [9.17, 15) is 16.8 Å². The first-order valence-corrected chi connectivity index (χ1v) is 9.78. The molecule has 10 heteroatoms. The van der Waals surface area contributed by atoms with E-state index in [1.807, 2.05) is 0 Å². The summed E-state index contributed by atoms with van der Waals surface area (Å²) in [7, 11) is -6.88. The summed E-state index contributed by atoms with van der Waals surface area (Å²) in [5.74, 6) is 0. The van der Waals surface area contributed by atoms with E-state index in [2.05, 4.69) is 25.4 Å². The Hall–Kier alpha value is -0.680. The first-order valence-electron chi connectivity index (χ1n) is 5.61. The van der Waals surface area contributed by atoms with Gasteiger partial charge in [-0.05, 0) is 40.5 Å². The fourth-order valence-corrected chi connectivity index (χ4v) is 3.46. The smallest absolute Gasteiger partial charge is 0.240 e. The fourth-order valence-electron chi connectivity index (χ4n) is 1.31. The van der Waals surface area contributed by atoms with Crippen molar-refractivity contribution >= 4 is 41.7 Å². The molecule has 0 radical (unpaired) electrons. The van der Waals surface area contributed by atoms with Crippen LogP contribution in [0.3, 0.4) is 0 Å². The quantitative estimate of drug-likeness (QED) is 0.459. The van der Waals surface area contributed by atoms with Crippen LogP contribution in [-0.4, -0.2) is 36.2 Å². The van der Waals surface area contributed by atoms with Crippen molar-refractivity contribution in [2.45, 2.75) is 11.3 Å². The summed E-state index contributed by atoms with van der Waals surface area (Å²) in [5.41, 5.74) is 6.03. The van der Waals surface area contributed by atoms with Crippen molar-refractivity contribution < 1.29 is 16.8 Å². The second kappa shape index (κ2) is 6.85. The van der Waals surface area contributed by atoms with Crippen LogP contribution in [0.4, 0.5) is 5.69 Å². The van der Waals surface area contributed by atoms with Gasteiger partial charge in [0.15, 0.2) is 0 Å². The van der Waals surface area contributed by atoms with Gasteiger partial charge in [0.2, 0.25) is 20.0 Å². The maximum atomic E-state index is 11.9. The highest BCUT2D eigenvalue weighted by molar-refractivity contribution is 9.10. The van der Waals surface area contributed by atoms with Gasteiger partial charge in [0.05, 0.1) is 11.2 Å². The maximum absolute atomic E-state index is 11.9. The first-order chi connectivity index (χ1) is 9.12. The van der Waals surface area contributed by atoms with E-state index in [4.69, 9.17) is 5.73 Å². The number of rotatable bonds is 7. The van der Waals surface area contributed by atoms with Crippen molar-refractivity contribution in [3.8, 4) is 0 Å². The van der Waals surface area contributed by atoms with E-state index in [1.54, 1.807) is 0 Å². The van der Waals surface area contributed by atoms with E-state index in [-0.39, 0.29) is 18.0 Å². The average molecular weight is 386 g/mol. The first kappa shape index (κ1) is 17.4. The molecule has 0 saturated heterocycles. The van der Waals surface area contributed by atoms with Gasteiger partial charge in [0.1, 0.15) is 0 Å². The molecule has 0 amide bonds. The molecule has 114 valence electrons. The van der Waals surface area contributed by atoms with Crippen LogP contribution in [0.2, 0.25) is 0 Å². The van der Waals surface area contributed by atoms with Gasteiger partial charge in [0, 0.05) is 23.2 Å². The molecule has 0 aliphatic carbocycles. The molecule has 0 saturated carbocycles. The van der Waals surface area contributed by atoms with Crippen molar-refractivity contribution in [1.29, 1.82) is 0 Å². The van der Waals surface area contributed by atoms with Crippen LogP contribution in [0.15, 0.2) is 27.6 Å². The number of nitrogens with one attached hydrogen (secondary N) is 2. The summed E-state index contributed by atoms with van der Waals surface area (Å²) in [6, 6.07) is 4.30. The number of anilines is 1. The second-order valence-electron chi connectivity index (χ2n) is 4.10. The highest BCUT2D eigenvalue weighted by Crippen LogP contribution is 2.22. The molecule has 0 spiro atoms. The van der Waals surface area contributed by atoms with Gasteiger partial charge in [0.25, 0.3) is 0 Å². The van der Waals surface area contributed by atoms with Crippen LogP contribution in [-0.2, 0) is 20.0 Å². The van der Waals surface area contributed by atoms with Crippen LogP contribution >= 0.6 is 15.9 Å². The second-order valence-corrected chi connectivity index (χ2v) is 8.56. The number of nitrogen functional groups attached to an aromatic ring is 1. The molecular formula is C10H16BrN3O4S2. The van der Waals surface area contributed by atoms with Crippen LogP contribution in [0.5, 0.6) is 0 Å². The molecule has 1 rings (SSSR count). The van der Waals surface area contributed by atoms with Gasteiger partial charge in [-0.15, -0.1) is 0 Å². The molecule has 0 unspecified atom stereocenters. The lowest BCUT2D eigenvalue weighted by molar-refractivity contribution is 0.575. The number of sulfonamides is 2. The van der Waals surface area contributed by atoms with Gasteiger partial charge in [-0.3, -0.25) is 0 Å². The van der Waals surface area contributed by atoms with Crippen LogP contribution in [0.25, 0.3) is 0 Å². The van der Waals surface area contributed by atoms with E-state index in [0.29, 0.717) is 16.6 Å². The molecular weight excluding hydrogens is 370 g/mol. The lowest BCUT2D eigenvalue weighted by Crippen LogP contribution is -2.29. The Labute approximate surface area is 127 Å². The molecule has 1 aromatic carbocycles. The van der Waals surface area contributed by atoms with Crippen molar-refractivity contribution in [2.75, 3.05) is 25.1 Å².